The number of fused-ring (bicyclic) bond motifs is 1. The number of nitrogens with zero attached hydrogens (tertiary/aromatic N) is 7. The number of pyridine rings is 1. The minimum atomic E-state index is 0.533. The Bertz CT molecular complexity index is 1510. The van der Waals surface area contributed by atoms with Gasteiger partial charge in [0.1, 0.15) is 30.2 Å². The van der Waals surface area contributed by atoms with Crippen LogP contribution < -0.4 is 10.1 Å². The van der Waals surface area contributed by atoms with E-state index in [4.69, 9.17) is 4.74 Å². The molecule has 1 fully saturated rings. The molecule has 0 bridgehead atoms. The fraction of sp³-hybridized carbons (Fsp3) is 0.267. The van der Waals surface area contributed by atoms with Crippen LogP contribution >= 0.6 is 0 Å². The topological polar surface area (TPSA) is 84.2 Å². The standard InChI is InChI=1S/C30H32N8O/c1-36-13-15-37(16-14-36)17-18-38-12-11-31-30(38)27-19-26-28(20-32-27)33-22-34-29(26)35-24-7-9-25(10-8-24)39-21-23-5-3-2-4-6-23/h2-12,19-20,22H,13-18,21H2,1H3,(H,33,34,35). The monoisotopic (exact) mass is 520 g/mol. The third-order valence-electron chi connectivity index (χ3n) is 7.08. The van der Waals surface area contributed by atoms with Gasteiger partial charge in [-0.3, -0.25) is 9.88 Å². The second-order valence-corrected chi connectivity index (χ2v) is 9.82. The van der Waals surface area contributed by atoms with E-state index in [0.29, 0.717) is 6.61 Å². The van der Waals surface area contributed by atoms with E-state index in [-0.39, 0.29) is 0 Å². The van der Waals surface area contributed by atoms with Crippen molar-refractivity contribution in [1.82, 2.24) is 34.3 Å². The summed E-state index contributed by atoms with van der Waals surface area (Å²) in [5, 5.41) is 4.32. The number of benzene rings is 2. The van der Waals surface area contributed by atoms with Crippen molar-refractivity contribution in [2.45, 2.75) is 13.2 Å². The fourth-order valence-corrected chi connectivity index (χ4v) is 4.74. The Hall–Kier alpha value is -4.34. The lowest BCUT2D eigenvalue weighted by molar-refractivity contribution is 0.150. The predicted molar refractivity (Wildman–Crippen MR) is 153 cm³/mol. The molecule has 1 N–H and O–H groups in total. The summed E-state index contributed by atoms with van der Waals surface area (Å²) in [5.41, 5.74) is 3.62. The Balaban J connectivity index is 1.16. The van der Waals surface area contributed by atoms with Gasteiger partial charge in [0.15, 0.2) is 5.82 Å². The zero-order valence-electron chi connectivity index (χ0n) is 22.1. The number of hydrogen-bond acceptors (Lipinski definition) is 8. The first-order valence-electron chi connectivity index (χ1n) is 13.3. The fourth-order valence-electron chi connectivity index (χ4n) is 4.74. The van der Waals surface area contributed by atoms with Crippen LogP contribution in [0.25, 0.3) is 22.4 Å². The third kappa shape index (κ3) is 6.05. The maximum Gasteiger partial charge on any atom is 0.158 e. The van der Waals surface area contributed by atoms with Gasteiger partial charge in [0.2, 0.25) is 0 Å². The van der Waals surface area contributed by atoms with Gasteiger partial charge in [0.05, 0.1) is 11.7 Å². The van der Waals surface area contributed by atoms with Crippen molar-refractivity contribution in [3.8, 4) is 17.3 Å². The first-order chi connectivity index (χ1) is 19.2. The van der Waals surface area contributed by atoms with Crippen molar-refractivity contribution in [3.63, 3.8) is 0 Å². The summed E-state index contributed by atoms with van der Waals surface area (Å²) in [6, 6.07) is 20.0. The number of hydrogen-bond donors (Lipinski definition) is 1. The molecule has 39 heavy (non-hydrogen) atoms. The zero-order valence-corrected chi connectivity index (χ0v) is 22.1. The van der Waals surface area contributed by atoms with E-state index in [1.54, 1.807) is 12.5 Å². The van der Waals surface area contributed by atoms with Gasteiger partial charge < -0.3 is 19.5 Å². The van der Waals surface area contributed by atoms with Gasteiger partial charge in [-0.1, -0.05) is 30.3 Å². The normalized spacial score (nSPS) is 14.5. The lowest BCUT2D eigenvalue weighted by atomic mass is 10.2. The predicted octanol–water partition coefficient (Wildman–Crippen LogP) is 4.46. The Morgan fingerprint density at radius 3 is 2.51 bits per heavy atom. The largest absolute Gasteiger partial charge is 0.489 e. The minimum absolute atomic E-state index is 0.533. The molecule has 198 valence electrons. The van der Waals surface area contributed by atoms with Gasteiger partial charge >= 0.3 is 0 Å². The average Bonchev–Trinajstić information content (AvgIpc) is 3.46. The minimum Gasteiger partial charge on any atom is -0.489 e. The molecule has 6 rings (SSSR count). The molecule has 2 aromatic carbocycles. The Morgan fingerprint density at radius 1 is 0.872 bits per heavy atom. The molecule has 4 heterocycles. The van der Waals surface area contributed by atoms with E-state index < -0.39 is 0 Å². The van der Waals surface area contributed by atoms with Crippen molar-refractivity contribution in [2.75, 3.05) is 45.1 Å². The van der Waals surface area contributed by atoms with E-state index in [2.05, 4.69) is 58.8 Å². The molecule has 0 unspecified atom stereocenters. The number of likely N-dealkylation sites (N-methyl/N-ethyl adjacent to an activating group) is 1. The lowest BCUT2D eigenvalue weighted by Crippen LogP contribution is -2.45. The van der Waals surface area contributed by atoms with E-state index >= 15 is 0 Å². The van der Waals surface area contributed by atoms with Crippen LogP contribution in [0.3, 0.4) is 0 Å². The zero-order chi connectivity index (χ0) is 26.4. The van der Waals surface area contributed by atoms with E-state index in [1.807, 2.05) is 60.9 Å². The van der Waals surface area contributed by atoms with Crippen LogP contribution in [0, 0.1) is 0 Å². The number of nitrogens with one attached hydrogen (secondary N) is 1. The second kappa shape index (κ2) is 11.6. The van der Waals surface area contributed by atoms with E-state index in [0.717, 1.165) is 84.5 Å². The van der Waals surface area contributed by atoms with Gasteiger partial charge in [0.25, 0.3) is 0 Å². The summed E-state index contributed by atoms with van der Waals surface area (Å²) in [6.45, 7) is 6.82. The van der Waals surface area contributed by atoms with Crippen molar-refractivity contribution in [1.29, 1.82) is 0 Å². The van der Waals surface area contributed by atoms with Crippen LogP contribution in [0.1, 0.15) is 5.56 Å². The molecule has 0 atom stereocenters. The molecule has 9 nitrogen and oxygen atoms in total. The first-order valence-corrected chi connectivity index (χ1v) is 13.3. The summed E-state index contributed by atoms with van der Waals surface area (Å²) in [4.78, 5) is 23.2. The van der Waals surface area contributed by atoms with Crippen molar-refractivity contribution in [2.24, 2.45) is 0 Å². The molecule has 9 heteroatoms. The molecule has 0 amide bonds. The SMILES string of the molecule is CN1CCN(CCn2ccnc2-c2cc3c(Nc4ccc(OCc5ccccc5)cc4)ncnc3cn2)CC1. The maximum absolute atomic E-state index is 5.92. The highest BCUT2D eigenvalue weighted by atomic mass is 16.5. The summed E-state index contributed by atoms with van der Waals surface area (Å²) in [5.74, 6) is 2.38. The number of rotatable bonds is 9. The number of piperazine rings is 1. The third-order valence-corrected chi connectivity index (χ3v) is 7.08. The highest BCUT2D eigenvalue weighted by molar-refractivity contribution is 5.92. The summed E-state index contributed by atoms with van der Waals surface area (Å²) >= 11 is 0. The molecule has 3 aromatic heterocycles. The second-order valence-electron chi connectivity index (χ2n) is 9.82. The molecular formula is C30H32N8O. The van der Waals surface area contributed by atoms with Gasteiger partial charge in [-0.2, -0.15) is 0 Å². The average molecular weight is 521 g/mol. The van der Waals surface area contributed by atoms with Crippen LogP contribution in [0.15, 0.2) is 85.6 Å². The van der Waals surface area contributed by atoms with Crippen LogP contribution in [-0.2, 0) is 13.2 Å². The molecule has 1 aliphatic heterocycles. The number of aromatic nitrogens is 5. The van der Waals surface area contributed by atoms with Crippen LogP contribution in [0.2, 0.25) is 0 Å². The van der Waals surface area contributed by atoms with Crippen LogP contribution in [-0.4, -0.2) is 74.1 Å². The molecule has 0 spiro atoms. The molecule has 0 saturated carbocycles. The lowest BCUT2D eigenvalue weighted by Gasteiger charge is -2.32. The first kappa shape index (κ1) is 25.0. The van der Waals surface area contributed by atoms with Crippen molar-refractivity contribution in [3.05, 3.63) is 91.1 Å². The van der Waals surface area contributed by atoms with Gasteiger partial charge in [-0.05, 0) is 42.9 Å². The van der Waals surface area contributed by atoms with Crippen LogP contribution in [0.5, 0.6) is 5.75 Å². The molecule has 0 radical (unpaired) electrons. The Kier molecular flexibility index (Phi) is 7.42. The molecule has 1 saturated heterocycles. The summed E-state index contributed by atoms with van der Waals surface area (Å²) < 4.78 is 8.10. The number of ether oxygens (including phenoxy) is 1. The number of anilines is 2. The van der Waals surface area contributed by atoms with Crippen molar-refractivity contribution < 1.29 is 4.74 Å². The quantitative estimate of drug-likeness (QED) is 0.305. The van der Waals surface area contributed by atoms with Gasteiger partial charge in [-0.15, -0.1) is 0 Å². The highest BCUT2D eigenvalue weighted by Crippen LogP contribution is 2.27. The van der Waals surface area contributed by atoms with E-state index in [1.165, 1.54) is 0 Å². The smallest absolute Gasteiger partial charge is 0.158 e. The summed E-state index contributed by atoms with van der Waals surface area (Å²) in [6.07, 6.45) is 7.21. The Labute approximate surface area is 228 Å². The van der Waals surface area contributed by atoms with Gasteiger partial charge in [-0.25, -0.2) is 15.0 Å². The van der Waals surface area contributed by atoms with Crippen molar-refractivity contribution >= 4 is 22.4 Å². The van der Waals surface area contributed by atoms with Crippen LogP contribution in [0.4, 0.5) is 11.5 Å². The highest BCUT2D eigenvalue weighted by Gasteiger charge is 2.16. The molecule has 1 aliphatic rings. The summed E-state index contributed by atoms with van der Waals surface area (Å²) in [7, 11) is 2.18. The maximum atomic E-state index is 5.92. The van der Waals surface area contributed by atoms with Gasteiger partial charge in [0, 0.05) is 62.7 Å². The molecule has 0 aliphatic carbocycles. The number of imidazole rings is 1. The molecular weight excluding hydrogens is 488 g/mol. The Morgan fingerprint density at radius 2 is 1.69 bits per heavy atom. The van der Waals surface area contributed by atoms with E-state index in [9.17, 15) is 0 Å². The molecule has 5 aromatic rings.